The number of rotatable bonds is 3. The second-order valence-corrected chi connectivity index (χ2v) is 6.26. The Kier molecular flexibility index (Phi) is 5.40. The number of amides is 1. The molecule has 1 aliphatic carbocycles. The molecule has 0 unspecified atom stereocenters. The van der Waals surface area contributed by atoms with Crippen LogP contribution in [0.1, 0.15) is 38.7 Å². The molecule has 1 aromatic rings. The Morgan fingerprint density at radius 2 is 2.14 bits per heavy atom. The number of benzene rings is 1. The first-order valence-corrected chi connectivity index (χ1v) is 7.79. The van der Waals surface area contributed by atoms with Gasteiger partial charge < -0.3 is 5.32 Å². The summed E-state index contributed by atoms with van der Waals surface area (Å²) >= 11 is 5.92. The first kappa shape index (κ1) is 16.0. The summed E-state index contributed by atoms with van der Waals surface area (Å²) in [7, 11) is 0. The summed E-state index contributed by atoms with van der Waals surface area (Å²) in [5.41, 5.74) is 0.249. The lowest BCUT2D eigenvalue weighted by molar-refractivity contribution is -0.117. The minimum Gasteiger partial charge on any atom is -0.350 e. The van der Waals surface area contributed by atoms with E-state index < -0.39 is 5.82 Å². The third kappa shape index (κ3) is 4.07. The van der Waals surface area contributed by atoms with E-state index in [1.54, 1.807) is 12.1 Å². The summed E-state index contributed by atoms with van der Waals surface area (Å²) in [4.78, 5) is 12.0. The van der Waals surface area contributed by atoms with Gasteiger partial charge in [0.25, 0.3) is 0 Å². The summed E-state index contributed by atoms with van der Waals surface area (Å²) in [6.45, 7) is 4.39. The van der Waals surface area contributed by atoms with Crippen LogP contribution in [-0.4, -0.2) is 11.9 Å². The second-order valence-electron chi connectivity index (χ2n) is 5.85. The third-order valence-electron chi connectivity index (χ3n) is 4.44. The van der Waals surface area contributed by atoms with Crippen molar-refractivity contribution in [3.05, 3.63) is 40.7 Å². The molecule has 0 radical (unpaired) electrons. The number of hydrogen-bond donors (Lipinski definition) is 1. The van der Waals surface area contributed by atoms with Gasteiger partial charge >= 0.3 is 0 Å². The molecule has 1 N–H and O–H groups in total. The molecule has 0 aliphatic heterocycles. The van der Waals surface area contributed by atoms with Crippen LogP contribution in [0.15, 0.2) is 24.3 Å². The van der Waals surface area contributed by atoms with Gasteiger partial charge in [0.15, 0.2) is 0 Å². The van der Waals surface area contributed by atoms with Gasteiger partial charge in [-0.25, -0.2) is 4.39 Å². The van der Waals surface area contributed by atoms with Crippen molar-refractivity contribution >= 4 is 23.6 Å². The molecule has 21 heavy (non-hydrogen) atoms. The summed E-state index contributed by atoms with van der Waals surface area (Å²) in [6.07, 6.45) is 6.15. The second kappa shape index (κ2) is 7.08. The molecule has 4 heteroatoms. The van der Waals surface area contributed by atoms with Crippen molar-refractivity contribution in [3.8, 4) is 0 Å². The highest BCUT2D eigenvalue weighted by Gasteiger charge is 2.27. The molecule has 1 aliphatic rings. The van der Waals surface area contributed by atoms with E-state index in [2.05, 4.69) is 19.2 Å². The molecule has 0 bridgehead atoms. The lowest BCUT2D eigenvalue weighted by Gasteiger charge is -2.34. The molecule has 2 nitrogen and oxygen atoms in total. The first-order valence-electron chi connectivity index (χ1n) is 7.41. The molecule has 1 amide bonds. The molecule has 1 aromatic carbocycles. The largest absolute Gasteiger partial charge is 0.350 e. The van der Waals surface area contributed by atoms with Gasteiger partial charge in [-0.05, 0) is 36.5 Å². The highest BCUT2D eigenvalue weighted by Crippen LogP contribution is 2.29. The minimum absolute atomic E-state index is 0.194. The number of hydrogen-bond acceptors (Lipinski definition) is 1. The van der Waals surface area contributed by atoms with E-state index in [-0.39, 0.29) is 17.5 Å². The fraction of sp³-hybridized carbons (Fsp3) is 0.471. The third-order valence-corrected chi connectivity index (χ3v) is 4.77. The van der Waals surface area contributed by atoms with Crippen molar-refractivity contribution in [2.24, 2.45) is 11.8 Å². The summed E-state index contributed by atoms with van der Waals surface area (Å²) in [5.74, 6) is 0.466. The lowest BCUT2D eigenvalue weighted by Crippen LogP contribution is -2.43. The zero-order chi connectivity index (χ0) is 15.4. The zero-order valence-electron chi connectivity index (χ0n) is 12.4. The summed E-state index contributed by atoms with van der Waals surface area (Å²) in [5, 5.41) is 3.32. The molecule has 1 fully saturated rings. The first-order chi connectivity index (χ1) is 9.99. The van der Waals surface area contributed by atoms with Gasteiger partial charge in [-0.3, -0.25) is 4.79 Å². The van der Waals surface area contributed by atoms with Crippen LogP contribution in [0.25, 0.3) is 6.08 Å². The minimum atomic E-state index is -0.425. The number of carbonyl (C=O) groups is 1. The highest BCUT2D eigenvalue weighted by molar-refractivity contribution is 6.32. The van der Waals surface area contributed by atoms with E-state index in [4.69, 9.17) is 11.6 Å². The molecule has 2 rings (SSSR count). The predicted octanol–water partition coefficient (Wildman–Crippen LogP) is 4.43. The number of carbonyl (C=O) groups excluding carboxylic acids is 1. The van der Waals surface area contributed by atoms with E-state index in [0.717, 1.165) is 12.8 Å². The van der Waals surface area contributed by atoms with Crippen molar-refractivity contribution in [1.29, 1.82) is 0 Å². The van der Waals surface area contributed by atoms with E-state index >= 15 is 0 Å². The van der Waals surface area contributed by atoms with Crippen molar-refractivity contribution in [1.82, 2.24) is 5.32 Å². The molecule has 0 spiro atoms. The molecule has 1 saturated carbocycles. The standard InChI is InChI=1S/C17H21ClFNO/c1-11-5-3-8-16(12(11)2)20-17(21)10-9-13-14(18)6-4-7-15(13)19/h4,6-7,9-12,16H,3,5,8H2,1-2H3,(H,20,21)/b10-9+/t11-,12+,16-/m0/s1. The van der Waals surface area contributed by atoms with Gasteiger partial charge in [-0.1, -0.05) is 44.4 Å². The normalized spacial score (nSPS) is 26.0. The van der Waals surface area contributed by atoms with Gasteiger partial charge in [0.05, 0.1) is 5.02 Å². The molecular weight excluding hydrogens is 289 g/mol. The Labute approximate surface area is 130 Å². The van der Waals surface area contributed by atoms with Gasteiger partial charge in [0.2, 0.25) is 5.91 Å². The van der Waals surface area contributed by atoms with Crippen LogP contribution >= 0.6 is 11.6 Å². The van der Waals surface area contributed by atoms with Crippen molar-refractivity contribution in [2.45, 2.75) is 39.2 Å². The van der Waals surface area contributed by atoms with E-state index in [9.17, 15) is 9.18 Å². The van der Waals surface area contributed by atoms with Crippen LogP contribution in [0, 0.1) is 17.7 Å². The van der Waals surface area contributed by atoms with E-state index in [1.807, 2.05) is 0 Å². The molecule has 114 valence electrons. The molecule has 0 saturated heterocycles. The van der Waals surface area contributed by atoms with Crippen LogP contribution in [0.2, 0.25) is 5.02 Å². The SMILES string of the molecule is C[C@H]1[C@@H](NC(=O)/C=C/c2c(F)cccc2Cl)CCC[C@@H]1C. The fourth-order valence-electron chi connectivity index (χ4n) is 2.85. The average molecular weight is 310 g/mol. The van der Waals surface area contributed by atoms with Crippen molar-refractivity contribution in [3.63, 3.8) is 0 Å². The number of nitrogens with one attached hydrogen (secondary N) is 1. The van der Waals surface area contributed by atoms with Crippen LogP contribution < -0.4 is 5.32 Å². The van der Waals surface area contributed by atoms with Crippen LogP contribution in [0.5, 0.6) is 0 Å². The van der Waals surface area contributed by atoms with Gasteiger partial charge in [-0.2, -0.15) is 0 Å². The monoisotopic (exact) mass is 309 g/mol. The van der Waals surface area contributed by atoms with E-state index in [1.165, 1.54) is 24.6 Å². The maximum absolute atomic E-state index is 13.6. The molecule has 3 atom stereocenters. The Morgan fingerprint density at radius 1 is 1.38 bits per heavy atom. The smallest absolute Gasteiger partial charge is 0.244 e. The molecule has 0 aromatic heterocycles. The van der Waals surface area contributed by atoms with Gasteiger partial charge in [0, 0.05) is 17.7 Å². The predicted molar refractivity (Wildman–Crippen MR) is 84.6 cm³/mol. The topological polar surface area (TPSA) is 29.1 Å². The Bertz CT molecular complexity index is 523. The Morgan fingerprint density at radius 3 is 2.86 bits per heavy atom. The van der Waals surface area contributed by atoms with Crippen molar-refractivity contribution < 1.29 is 9.18 Å². The van der Waals surface area contributed by atoms with Crippen LogP contribution in [-0.2, 0) is 4.79 Å². The highest BCUT2D eigenvalue weighted by atomic mass is 35.5. The average Bonchev–Trinajstić information content (AvgIpc) is 2.43. The Balaban J connectivity index is 2.00. The fourth-order valence-corrected chi connectivity index (χ4v) is 3.07. The summed E-state index contributed by atoms with van der Waals surface area (Å²) in [6, 6.07) is 4.67. The quantitative estimate of drug-likeness (QED) is 0.822. The number of halogens is 2. The van der Waals surface area contributed by atoms with Crippen molar-refractivity contribution in [2.75, 3.05) is 0 Å². The summed E-state index contributed by atoms with van der Waals surface area (Å²) < 4.78 is 13.6. The van der Waals surface area contributed by atoms with E-state index in [0.29, 0.717) is 16.9 Å². The van der Waals surface area contributed by atoms with Gasteiger partial charge in [-0.15, -0.1) is 0 Å². The van der Waals surface area contributed by atoms with Gasteiger partial charge in [0.1, 0.15) is 5.82 Å². The Hall–Kier alpha value is -1.35. The van der Waals surface area contributed by atoms with Crippen LogP contribution in [0.3, 0.4) is 0 Å². The molecule has 0 heterocycles. The zero-order valence-corrected chi connectivity index (χ0v) is 13.2. The molecular formula is C17H21ClFNO. The lowest BCUT2D eigenvalue weighted by atomic mass is 9.78. The van der Waals surface area contributed by atoms with Crippen LogP contribution in [0.4, 0.5) is 4.39 Å². The maximum Gasteiger partial charge on any atom is 0.244 e. The maximum atomic E-state index is 13.6.